The number of rotatable bonds is 2. The monoisotopic (exact) mass is 305 g/mol. The Labute approximate surface area is 129 Å². The molecule has 0 amide bonds. The molecule has 0 aromatic carbocycles. The fourth-order valence-corrected chi connectivity index (χ4v) is 4.36. The van der Waals surface area contributed by atoms with Gasteiger partial charge in [0, 0.05) is 10.9 Å². The van der Waals surface area contributed by atoms with Crippen molar-refractivity contribution >= 4 is 21.6 Å². The number of likely N-dealkylation sites (tertiary alicyclic amines) is 1. The summed E-state index contributed by atoms with van der Waals surface area (Å²) in [6.07, 6.45) is 3.77. The van der Waals surface area contributed by atoms with Gasteiger partial charge < -0.3 is 4.98 Å². The highest BCUT2D eigenvalue weighted by Gasteiger charge is 2.26. The molecular weight excluding hydrogens is 282 g/mol. The number of hydrogen-bond donors (Lipinski definition) is 1. The van der Waals surface area contributed by atoms with E-state index in [4.69, 9.17) is 4.98 Å². The number of aromatic nitrogens is 2. The Bertz CT molecular complexity index is 718. The molecule has 1 aliphatic heterocycles. The van der Waals surface area contributed by atoms with Crippen LogP contribution in [0.2, 0.25) is 0 Å². The van der Waals surface area contributed by atoms with Crippen LogP contribution >= 0.6 is 11.3 Å². The Kier molecular flexibility index (Phi) is 3.88. The van der Waals surface area contributed by atoms with Crippen molar-refractivity contribution in [3.63, 3.8) is 0 Å². The van der Waals surface area contributed by atoms with Crippen LogP contribution in [0.25, 0.3) is 10.2 Å². The van der Waals surface area contributed by atoms with Crippen LogP contribution in [-0.2, 0) is 0 Å². The van der Waals surface area contributed by atoms with Crippen molar-refractivity contribution in [3.8, 4) is 0 Å². The van der Waals surface area contributed by atoms with E-state index in [1.807, 2.05) is 6.92 Å². The molecule has 2 aromatic heterocycles. The Morgan fingerprint density at radius 2 is 2.14 bits per heavy atom. The van der Waals surface area contributed by atoms with E-state index in [0.29, 0.717) is 6.04 Å². The van der Waals surface area contributed by atoms with Crippen LogP contribution in [0.4, 0.5) is 0 Å². The Balaban J connectivity index is 2.02. The van der Waals surface area contributed by atoms with Crippen molar-refractivity contribution in [1.29, 1.82) is 0 Å². The number of nitrogens with one attached hydrogen (secondary N) is 1. The second-order valence-electron chi connectivity index (χ2n) is 6.17. The zero-order chi connectivity index (χ0) is 15.1. The molecule has 0 bridgehead atoms. The zero-order valence-electron chi connectivity index (χ0n) is 13.2. The van der Waals surface area contributed by atoms with Crippen LogP contribution in [-0.4, -0.2) is 27.5 Å². The first-order valence-electron chi connectivity index (χ1n) is 7.74. The molecule has 114 valence electrons. The van der Waals surface area contributed by atoms with Gasteiger partial charge in [0.25, 0.3) is 5.56 Å². The van der Waals surface area contributed by atoms with Gasteiger partial charge in [0.15, 0.2) is 0 Å². The molecule has 5 heteroatoms. The van der Waals surface area contributed by atoms with E-state index in [0.717, 1.165) is 28.1 Å². The maximum Gasteiger partial charge on any atom is 0.259 e. The standard InChI is InChI=1S/C16H23N3OS/c1-9-7-5-6-8-19(9)11(3)14-17-15(20)13-10(2)12(4)21-16(13)18-14/h9,11H,5-8H2,1-4H3,(H,17,18,20)/t9-,11+/m1/s1. The van der Waals surface area contributed by atoms with Gasteiger partial charge >= 0.3 is 0 Å². The van der Waals surface area contributed by atoms with Crippen LogP contribution < -0.4 is 5.56 Å². The lowest BCUT2D eigenvalue weighted by Crippen LogP contribution is -2.40. The third kappa shape index (κ3) is 2.53. The summed E-state index contributed by atoms with van der Waals surface area (Å²) < 4.78 is 0. The number of aryl methyl sites for hydroxylation is 2. The quantitative estimate of drug-likeness (QED) is 0.923. The summed E-state index contributed by atoms with van der Waals surface area (Å²) in [5.74, 6) is 0.808. The molecule has 0 spiro atoms. The average Bonchev–Trinajstić information content (AvgIpc) is 2.74. The van der Waals surface area contributed by atoms with E-state index in [1.165, 1.54) is 24.1 Å². The molecule has 1 aliphatic rings. The number of fused-ring (bicyclic) bond motifs is 1. The number of hydrogen-bond acceptors (Lipinski definition) is 4. The van der Waals surface area contributed by atoms with Crippen molar-refractivity contribution in [2.24, 2.45) is 0 Å². The second-order valence-corrected chi connectivity index (χ2v) is 7.38. The van der Waals surface area contributed by atoms with Gasteiger partial charge in [0.1, 0.15) is 10.7 Å². The molecule has 4 nitrogen and oxygen atoms in total. The fourth-order valence-electron chi connectivity index (χ4n) is 3.32. The van der Waals surface area contributed by atoms with Crippen LogP contribution in [0.5, 0.6) is 0 Å². The van der Waals surface area contributed by atoms with Gasteiger partial charge in [-0.15, -0.1) is 11.3 Å². The Morgan fingerprint density at radius 1 is 1.38 bits per heavy atom. The number of piperidine rings is 1. The van der Waals surface area contributed by atoms with E-state index in [2.05, 4.69) is 30.7 Å². The van der Waals surface area contributed by atoms with Crippen LogP contribution in [0, 0.1) is 13.8 Å². The number of thiophene rings is 1. The van der Waals surface area contributed by atoms with Gasteiger partial charge in [-0.1, -0.05) is 6.42 Å². The predicted molar refractivity (Wildman–Crippen MR) is 88.1 cm³/mol. The lowest BCUT2D eigenvalue weighted by Gasteiger charge is -2.37. The first-order valence-corrected chi connectivity index (χ1v) is 8.56. The maximum absolute atomic E-state index is 12.4. The summed E-state index contributed by atoms with van der Waals surface area (Å²) >= 11 is 1.62. The van der Waals surface area contributed by atoms with Crippen molar-refractivity contribution in [3.05, 3.63) is 26.6 Å². The van der Waals surface area contributed by atoms with Crippen LogP contribution in [0.1, 0.15) is 55.4 Å². The summed E-state index contributed by atoms with van der Waals surface area (Å²) in [7, 11) is 0. The van der Waals surface area contributed by atoms with Gasteiger partial charge in [-0.05, 0) is 52.6 Å². The number of aromatic amines is 1. The van der Waals surface area contributed by atoms with E-state index >= 15 is 0 Å². The first-order chi connectivity index (χ1) is 9.99. The third-order valence-corrected chi connectivity index (χ3v) is 5.91. The predicted octanol–water partition coefficient (Wildman–Crippen LogP) is 3.54. The molecule has 0 unspecified atom stereocenters. The molecule has 21 heavy (non-hydrogen) atoms. The highest BCUT2D eigenvalue weighted by molar-refractivity contribution is 7.18. The van der Waals surface area contributed by atoms with Gasteiger partial charge in [-0.3, -0.25) is 9.69 Å². The first kappa shape index (κ1) is 14.7. The maximum atomic E-state index is 12.4. The fraction of sp³-hybridized carbons (Fsp3) is 0.625. The molecule has 2 atom stereocenters. The van der Waals surface area contributed by atoms with E-state index in [9.17, 15) is 4.79 Å². The molecular formula is C16H23N3OS. The smallest absolute Gasteiger partial charge is 0.259 e. The minimum absolute atomic E-state index is 0.00774. The van der Waals surface area contributed by atoms with Crippen molar-refractivity contribution in [1.82, 2.24) is 14.9 Å². The molecule has 3 heterocycles. The summed E-state index contributed by atoms with van der Waals surface area (Å²) in [5.41, 5.74) is 1.07. The molecule has 1 saturated heterocycles. The average molecular weight is 305 g/mol. The molecule has 1 N–H and O–H groups in total. The van der Waals surface area contributed by atoms with Gasteiger partial charge in [-0.25, -0.2) is 4.98 Å². The number of H-pyrrole nitrogens is 1. The highest BCUT2D eigenvalue weighted by atomic mass is 32.1. The highest BCUT2D eigenvalue weighted by Crippen LogP contribution is 2.29. The Hall–Kier alpha value is -1.20. The molecule has 1 fully saturated rings. The minimum atomic E-state index is 0.00774. The topological polar surface area (TPSA) is 49.0 Å². The van der Waals surface area contributed by atoms with Gasteiger partial charge in [0.05, 0.1) is 11.4 Å². The van der Waals surface area contributed by atoms with E-state index in [-0.39, 0.29) is 11.6 Å². The van der Waals surface area contributed by atoms with Crippen molar-refractivity contribution in [2.45, 2.75) is 59.0 Å². The largest absolute Gasteiger partial charge is 0.309 e. The molecule has 0 radical (unpaired) electrons. The second kappa shape index (κ2) is 5.54. The van der Waals surface area contributed by atoms with Crippen LogP contribution in [0.3, 0.4) is 0 Å². The summed E-state index contributed by atoms with van der Waals surface area (Å²) in [4.78, 5) is 24.7. The van der Waals surface area contributed by atoms with Crippen molar-refractivity contribution < 1.29 is 0 Å². The van der Waals surface area contributed by atoms with E-state index in [1.54, 1.807) is 11.3 Å². The normalized spacial score (nSPS) is 21.8. The minimum Gasteiger partial charge on any atom is -0.309 e. The lowest BCUT2D eigenvalue weighted by molar-refractivity contribution is 0.110. The van der Waals surface area contributed by atoms with Gasteiger partial charge in [0.2, 0.25) is 0 Å². The van der Waals surface area contributed by atoms with Crippen LogP contribution in [0.15, 0.2) is 4.79 Å². The number of nitrogens with zero attached hydrogens (tertiary/aromatic N) is 2. The van der Waals surface area contributed by atoms with E-state index < -0.39 is 0 Å². The molecule has 3 rings (SSSR count). The summed E-state index contributed by atoms with van der Waals surface area (Å²) in [6, 6.07) is 0.724. The SMILES string of the molecule is Cc1sc2nc([C@H](C)N3CCCC[C@H]3C)[nH]c(=O)c2c1C. The van der Waals surface area contributed by atoms with Crippen molar-refractivity contribution in [2.75, 3.05) is 6.54 Å². The zero-order valence-corrected chi connectivity index (χ0v) is 14.0. The molecule has 2 aromatic rings. The summed E-state index contributed by atoms with van der Waals surface area (Å²) in [6.45, 7) is 9.56. The molecule has 0 saturated carbocycles. The summed E-state index contributed by atoms with van der Waals surface area (Å²) in [5, 5.41) is 0.764. The Morgan fingerprint density at radius 3 is 2.86 bits per heavy atom. The molecule has 0 aliphatic carbocycles. The lowest BCUT2D eigenvalue weighted by atomic mass is 10.0. The van der Waals surface area contributed by atoms with Gasteiger partial charge in [-0.2, -0.15) is 0 Å². The third-order valence-electron chi connectivity index (χ3n) is 4.80.